The highest BCUT2D eigenvalue weighted by molar-refractivity contribution is 7.85. The molecule has 0 aliphatic carbocycles. The van der Waals surface area contributed by atoms with E-state index in [1.165, 1.54) is 42.5 Å². The number of rotatable bonds is 8. The third-order valence-electron chi connectivity index (χ3n) is 6.31. The molecule has 0 unspecified atom stereocenters. The smallest absolute Gasteiger partial charge is 0.335 e. The van der Waals surface area contributed by atoms with Crippen LogP contribution in [0, 0.1) is 6.92 Å². The molecule has 4 N–H and O–H groups in total. The molecule has 0 aliphatic rings. The first kappa shape index (κ1) is 29.6. The molecule has 0 bridgehead atoms. The number of aryl methyl sites for hydroxylation is 1. The molecule has 5 rings (SSSR count). The predicted octanol–water partition coefficient (Wildman–Crippen LogP) is 8.75. The van der Waals surface area contributed by atoms with Crippen molar-refractivity contribution in [1.29, 1.82) is 0 Å². The Kier molecular flexibility index (Phi) is 8.19. The van der Waals surface area contributed by atoms with Gasteiger partial charge < -0.3 is 15.3 Å². The van der Waals surface area contributed by atoms with Gasteiger partial charge >= 0.3 is 5.97 Å². The lowest BCUT2D eigenvalue weighted by atomic mass is 10.1. The summed E-state index contributed by atoms with van der Waals surface area (Å²) in [5, 5.41) is 54.4. The molecular formula is C30H22N6O7S. The molecule has 0 fully saturated rings. The Morgan fingerprint density at radius 1 is 0.614 bits per heavy atom. The number of phenols is 2. The van der Waals surface area contributed by atoms with Gasteiger partial charge in [0.15, 0.2) is 0 Å². The Morgan fingerprint density at radius 3 is 1.84 bits per heavy atom. The SMILES string of the molecule is Cc1cc(N=Nc2ccc(N=Nc3ccc(O)cc3O)c3ccc(S(=O)(=O)O)cc23)ccc1N=Nc1ccc(C(=O)O)cc1. The van der Waals surface area contributed by atoms with Crippen LogP contribution < -0.4 is 0 Å². The van der Waals surface area contributed by atoms with E-state index in [4.69, 9.17) is 5.11 Å². The molecular weight excluding hydrogens is 588 g/mol. The summed E-state index contributed by atoms with van der Waals surface area (Å²) in [4.78, 5) is 10.7. The largest absolute Gasteiger partial charge is 0.508 e. The van der Waals surface area contributed by atoms with Crippen LogP contribution in [-0.2, 0) is 10.1 Å². The van der Waals surface area contributed by atoms with Gasteiger partial charge in [-0.25, -0.2) is 4.79 Å². The van der Waals surface area contributed by atoms with Crippen LogP contribution in [0.25, 0.3) is 10.8 Å². The van der Waals surface area contributed by atoms with Gasteiger partial charge in [0, 0.05) is 16.8 Å². The maximum atomic E-state index is 11.9. The minimum atomic E-state index is -4.53. The highest BCUT2D eigenvalue weighted by atomic mass is 32.2. The van der Waals surface area contributed by atoms with Crippen molar-refractivity contribution in [2.75, 3.05) is 0 Å². The Morgan fingerprint density at radius 2 is 1.18 bits per heavy atom. The molecule has 5 aromatic rings. The van der Waals surface area contributed by atoms with Crippen LogP contribution in [0.2, 0.25) is 0 Å². The van der Waals surface area contributed by atoms with Crippen molar-refractivity contribution in [2.24, 2.45) is 30.7 Å². The Bertz CT molecular complexity index is 2110. The fourth-order valence-electron chi connectivity index (χ4n) is 4.04. The highest BCUT2D eigenvalue weighted by Gasteiger charge is 2.14. The molecule has 0 atom stereocenters. The summed E-state index contributed by atoms with van der Waals surface area (Å²) in [6, 6.07) is 21.9. The zero-order chi connectivity index (χ0) is 31.4. The standard InChI is InChI=1S/C30H22N6O7S/c1-17-14-20(6-10-25(17)33-31-19-4-2-18(3-5-19)30(39)40)32-34-27-13-12-26(35-36-28-11-7-21(37)15-29(28)38)23-9-8-22(16-24(23)27)44(41,42)43/h2-16,37-38H,1H3,(H,39,40)(H,41,42,43). The molecule has 0 saturated carbocycles. The maximum absolute atomic E-state index is 11.9. The van der Waals surface area contributed by atoms with Crippen molar-refractivity contribution in [3.05, 3.63) is 102 Å². The Labute approximate surface area is 250 Å². The van der Waals surface area contributed by atoms with Gasteiger partial charge in [0.1, 0.15) is 17.2 Å². The average molecular weight is 611 g/mol. The number of carboxylic acids is 1. The fourth-order valence-corrected chi connectivity index (χ4v) is 4.55. The minimum Gasteiger partial charge on any atom is -0.508 e. The van der Waals surface area contributed by atoms with E-state index in [2.05, 4.69) is 30.7 Å². The second kappa shape index (κ2) is 12.2. The van der Waals surface area contributed by atoms with Crippen molar-refractivity contribution in [1.82, 2.24) is 0 Å². The van der Waals surface area contributed by atoms with Crippen LogP contribution in [0.15, 0.2) is 127 Å². The number of carboxylic acid groups (broad SMARTS) is 1. The second-order valence-electron chi connectivity index (χ2n) is 9.38. The lowest BCUT2D eigenvalue weighted by Crippen LogP contribution is -1.97. The molecule has 5 aromatic carbocycles. The third kappa shape index (κ3) is 6.78. The molecule has 0 saturated heterocycles. The third-order valence-corrected chi connectivity index (χ3v) is 7.16. The number of hydrogen-bond acceptors (Lipinski definition) is 11. The monoisotopic (exact) mass is 610 g/mol. The number of aromatic carboxylic acids is 1. The summed E-state index contributed by atoms with van der Waals surface area (Å²) in [5.74, 6) is -1.46. The van der Waals surface area contributed by atoms with Gasteiger partial charge in [-0.05, 0) is 91.3 Å². The first-order valence-corrected chi connectivity index (χ1v) is 14.2. The zero-order valence-electron chi connectivity index (χ0n) is 22.8. The van der Waals surface area contributed by atoms with Crippen molar-refractivity contribution in [3.8, 4) is 11.5 Å². The Hall–Kier alpha value is -5.86. The fraction of sp³-hybridized carbons (Fsp3) is 0.0333. The minimum absolute atomic E-state index is 0.101. The number of benzene rings is 5. The lowest BCUT2D eigenvalue weighted by molar-refractivity contribution is 0.0697. The van der Waals surface area contributed by atoms with E-state index in [0.29, 0.717) is 33.5 Å². The van der Waals surface area contributed by atoms with Crippen LogP contribution in [0.4, 0.5) is 34.1 Å². The molecule has 0 radical (unpaired) electrons. The molecule has 0 spiro atoms. The van der Waals surface area contributed by atoms with Crippen molar-refractivity contribution in [2.45, 2.75) is 11.8 Å². The van der Waals surface area contributed by atoms with Gasteiger partial charge in [0.05, 0.1) is 38.9 Å². The molecule has 0 aliphatic heterocycles. The van der Waals surface area contributed by atoms with Gasteiger partial charge in [-0.1, -0.05) is 6.07 Å². The molecule has 14 heteroatoms. The number of fused-ring (bicyclic) bond motifs is 1. The number of azo groups is 3. The summed E-state index contributed by atoms with van der Waals surface area (Å²) in [7, 11) is -4.53. The summed E-state index contributed by atoms with van der Waals surface area (Å²) < 4.78 is 33.3. The summed E-state index contributed by atoms with van der Waals surface area (Å²) in [6.45, 7) is 1.81. The van der Waals surface area contributed by atoms with E-state index in [1.54, 1.807) is 49.4 Å². The average Bonchev–Trinajstić information content (AvgIpc) is 2.99. The summed E-state index contributed by atoms with van der Waals surface area (Å²) in [5.41, 5.74) is 3.09. The first-order chi connectivity index (χ1) is 21.0. The van der Waals surface area contributed by atoms with E-state index in [-0.39, 0.29) is 33.3 Å². The van der Waals surface area contributed by atoms with Gasteiger partial charge in [0.2, 0.25) is 0 Å². The lowest BCUT2D eigenvalue weighted by Gasteiger charge is -2.07. The molecule has 0 amide bonds. The number of nitrogens with zero attached hydrogens (tertiary/aromatic N) is 6. The van der Waals surface area contributed by atoms with Crippen molar-refractivity contribution >= 4 is 61.0 Å². The number of aromatic hydroxyl groups is 2. The van der Waals surface area contributed by atoms with Crippen LogP contribution in [-0.4, -0.2) is 34.3 Å². The second-order valence-corrected chi connectivity index (χ2v) is 10.8. The van der Waals surface area contributed by atoms with Crippen LogP contribution in [0.5, 0.6) is 11.5 Å². The maximum Gasteiger partial charge on any atom is 0.335 e. The molecule has 13 nitrogen and oxygen atoms in total. The van der Waals surface area contributed by atoms with Crippen LogP contribution >= 0.6 is 0 Å². The number of hydrogen-bond donors (Lipinski definition) is 4. The molecule has 0 aromatic heterocycles. The summed E-state index contributed by atoms with van der Waals surface area (Å²) >= 11 is 0. The first-order valence-electron chi connectivity index (χ1n) is 12.7. The van der Waals surface area contributed by atoms with E-state index in [9.17, 15) is 28.0 Å². The van der Waals surface area contributed by atoms with E-state index >= 15 is 0 Å². The number of phenolic OH excluding ortho intramolecular Hbond substituents is 2. The normalized spacial score (nSPS) is 12.1. The zero-order valence-corrected chi connectivity index (χ0v) is 23.6. The molecule has 220 valence electrons. The number of carbonyl (C=O) groups is 1. The van der Waals surface area contributed by atoms with E-state index in [1.807, 2.05) is 0 Å². The predicted molar refractivity (Wildman–Crippen MR) is 161 cm³/mol. The van der Waals surface area contributed by atoms with Gasteiger partial charge in [-0.15, -0.1) is 15.3 Å². The van der Waals surface area contributed by atoms with E-state index in [0.717, 1.165) is 11.6 Å². The molecule has 44 heavy (non-hydrogen) atoms. The Balaban J connectivity index is 1.45. The highest BCUT2D eigenvalue weighted by Crippen LogP contribution is 2.38. The van der Waals surface area contributed by atoms with Gasteiger partial charge in [-0.2, -0.15) is 23.8 Å². The van der Waals surface area contributed by atoms with Crippen LogP contribution in [0.1, 0.15) is 15.9 Å². The van der Waals surface area contributed by atoms with E-state index < -0.39 is 16.1 Å². The molecule has 0 heterocycles. The topological polar surface area (TPSA) is 206 Å². The van der Waals surface area contributed by atoms with Gasteiger partial charge in [-0.3, -0.25) is 4.55 Å². The van der Waals surface area contributed by atoms with Gasteiger partial charge in [0.25, 0.3) is 10.1 Å². The summed E-state index contributed by atoms with van der Waals surface area (Å²) in [6.07, 6.45) is 0. The van der Waals surface area contributed by atoms with Crippen molar-refractivity contribution < 1.29 is 33.1 Å². The quantitative estimate of drug-likeness (QED) is 0.0990. The van der Waals surface area contributed by atoms with Crippen LogP contribution in [0.3, 0.4) is 0 Å². The van der Waals surface area contributed by atoms with Crippen molar-refractivity contribution in [3.63, 3.8) is 0 Å².